The first-order valence-corrected chi connectivity index (χ1v) is 10.9. The maximum absolute atomic E-state index is 12.8. The molecule has 2 fully saturated rings. The lowest BCUT2D eigenvalue weighted by Gasteiger charge is -2.28. The minimum atomic E-state index is 0.0106. The summed E-state index contributed by atoms with van der Waals surface area (Å²) in [6.45, 7) is 3.76. The molecule has 160 valence electrons. The lowest BCUT2D eigenvalue weighted by atomic mass is 10.1. The zero-order valence-electron chi connectivity index (χ0n) is 17.6. The highest BCUT2D eigenvalue weighted by Crippen LogP contribution is 2.31. The van der Waals surface area contributed by atoms with Gasteiger partial charge in [-0.1, -0.05) is 12.8 Å². The van der Waals surface area contributed by atoms with Crippen LogP contribution in [0.15, 0.2) is 41.3 Å². The van der Waals surface area contributed by atoms with E-state index >= 15 is 0 Å². The van der Waals surface area contributed by atoms with Crippen LogP contribution >= 0.6 is 0 Å². The highest BCUT2D eigenvalue weighted by Gasteiger charge is 2.22. The number of carbonyl (C=O) groups excluding carboxylic acids is 1. The van der Waals surface area contributed by atoms with Gasteiger partial charge >= 0.3 is 0 Å². The molecule has 2 aromatic heterocycles. The van der Waals surface area contributed by atoms with Gasteiger partial charge in [0.1, 0.15) is 5.65 Å². The van der Waals surface area contributed by atoms with Crippen LogP contribution in [-0.4, -0.2) is 40.1 Å². The van der Waals surface area contributed by atoms with E-state index in [0.29, 0.717) is 24.7 Å². The average Bonchev–Trinajstić information content (AvgIpc) is 3.28. The third-order valence-corrected chi connectivity index (χ3v) is 6.22. The number of nitrogens with one attached hydrogen (secondary N) is 2. The number of aromatic nitrogens is 3. The zero-order chi connectivity index (χ0) is 21.4. The standard InChI is InChI=1S/C23H26N6O2/c1-15-12-21(31)29(18-4-2-3-5-18)22-19(15)13-25-23(27-22)26-16-6-8-17(9-7-16)28-11-10-24-20(30)14-28/h6-9,12-13,18H,2-5,10-11,14H2,1H3,(H,24,30)(H,25,26,27). The van der Waals surface area contributed by atoms with Gasteiger partial charge in [0.15, 0.2) is 0 Å². The Balaban J connectivity index is 1.43. The molecule has 31 heavy (non-hydrogen) atoms. The monoisotopic (exact) mass is 418 g/mol. The number of anilines is 3. The number of rotatable bonds is 4. The van der Waals surface area contributed by atoms with E-state index in [1.54, 1.807) is 12.3 Å². The highest BCUT2D eigenvalue weighted by atomic mass is 16.2. The van der Waals surface area contributed by atoms with Crippen LogP contribution in [0.3, 0.4) is 0 Å². The number of carbonyl (C=O) groups is 1. The number of amides is 1. The van der Waals surface area contributed by atoms with Gasteiger partial charge in [-0.3, -0.25) is 14.2 Å². The van der Waals surface area contributed by atoms with E-state index in [-0.39, 0.29) is 17.5 Å². The first-order valence-electron chi connectivity index (χ1n) is 10.9. The first kappa shape index (κ1) is 19.5. The maximum Gasteiger partial charge on any atom is 0.252 e. The van der Waals surface area contributed by atoms with Gasteiger partial charge in [-0.25, -0.2) is 4.98 Å². The fourth-order valence-corrected chi connectivity index (χ4v) is 4.59. The van der Waals surface area contributed by atoms with Crippen molar-refractivity contribution in [1.82, 2.24) is 19.9 Å². The van der Waals surface area contributed by atoms with E-state index in [0.717, 1.165) is 54.6 Å². The Labute approximate surface area is 180 Å². The first-order chi connectivity index (χ1) is 15.1. The van der Waals surface area contributed by atoms with Crippen LogP contribution in [0.4, 0.5) is 17.3 Å². The molecule has 1 saturated carbocycles. The Hall–Kier alpha value is -3.42. The zero-order valence-corrected chi connectivity index (χ0v) is 17.6. The Morgan fingerprint density at radius 2 is 1.90 bits per heavy atom. The SMILES string of the molecule is Cc1cc(=O)n(C2CCCC2)c2nc(Nc3ccc(N4CCNC(=O)C4)cc3)ncc12. The van der Waals surface area contributed by atoms with Crippen molar-refractivity contribution in [3.63, 3.8) is 0 Å². The number of hydrogen-bond donors (Lipinski definition) is 2. The summed E-state index contributed by atoms with van der Waals surface area (Å²) in [5.74, 6) is 0.510. The summed E-state index contributed by atoms with van der Waals surface area (Å²) in [5.41, 5.74) is 3.47. The number of aryl methyl sites for hydroxylation is 1. The molecule has 8 nitrogen and oxygen atoms in total. The van der Waals surface area contributed by atoms with Gasteiger partial charge in [-0.15, -0.1) is 0 Å². The lowest BCUT2D eigenvalue weighted by molar-refractivity contribution is -0.120. The van der Waals surface area contributed by atoms with Crippen LogP contribution in [0.1, 0.15) is 37.3 Å². The van der Waals surface area contributed by atoms with Crippen LogP contribution in [0.25, 0.3) is 11.0 Å². The number of hydrogen-bond acceptors (Lipinski definition) is 6. The van der Waals surface area contributed by atoms with Crippen molar-refractivity contribution in [3.8, 4) is 0 Å². The third kappa shape index (κ3) is 3.85. The van der Waals surface area contributed by atoms with Crippen molar-refractivity contribution in [2.45, 2.75) is 38.6 Å². The molecule has 1 aliphatic carbocycles. The molecule has 0 unspecified atom stereocenters. The Kier molecular flexibility index (Phi) is 5.05. The molecular weight excluding hydrogens is 392 g/mol. The summed E-state index contributed by atoms with van der Waals surface area (Å²) in [7, 11) is 0. The van der Waals surface area contributed by atoms with E-state index in [9.17, 15) is 9.59 Å². The number of benzene rings is 1. The van der Waals surface area contributed by atoms with Gasteiger partial charge in [-0.2, -0.15) is 4.98 Å². The van der Waals surface area contributed by atoms with Crippen LogP contribution in [-0.2, 0) is 4.79 Å². The summed E-state index contributed by atoms with van der Waals surface area (Å²) < 4.78 is 1.85. The molecule has 1 saturated heterocycles. The highest BCUT2D eigenvalue weighted by molar-refractivity contribution is 5.83. The third-order valence-electron chi connectivity index (χ3n) is 6.22. The summed E-state index contributed by atoms with van der Waals surface area (Å²) in [6.07, 6.45) is 6.12. The van der Waals surface area contributed by atoms with Gasteiger partial charge in [0, 0.05) is 48.2 Å². The topological polar surface area (TPSA) is 92.2 Å². The Bertz CT molecular complexity index is 1180. The number of piperazine rings is 1. The van der Waals surface area contributed by atoms with Crippen molar-refractivity contribution < 1.29 is 4.79 Å². The summed E-state index contributed by atoms with van der Waals surface area (Å²) in [6, 6.07) is 9.78. The minimum absolute atomic E-state index is 0.0106. The van der Waals surface area contributed by atoms with Crippen LogP contribution in [0, 0.1) is 6.92 Å². The van der Waals surface area contributed by atoms with Crippen LogP contribution in [0.2, 0.25) is 0 Å². The largest absolute Gasteiger partial charge is 0.360 e. The van der Waals surface area contributed by atoms with Crippen molar-refractivity contribution in [2.75, 3.05) is 29.9 Å². The van der Waals surface area contributed by atoms with Gasteiger partial charge in [-0.05, 0) is 49.6 Å². The lowest BCUT2D eigenvalue weighted by Crippen LogP contribution is -2.47. The molecule has 0 spiro atoms. The average molecular weight is 419 g/mol. The second kappa shape index (κ2) is 8.02. The van der Waals surface area contributed by atoms with Gasteiger partial charge in [0.05, 0.1) is 6.54 Å². The molecule has 8 heteroatoms. The summed E-state index contributed by atoms with van der Waals surface area (Å²) in [5, 5.41) is 7.01. The molecule has 1 aliphatic heterocycles. The van der Waals surface area contributed by atoms with Crippen molar-refractivity contribution in [1.29, 1.82) is 0 Å². The van der Waals surface area contributed by atoms with Crippen molar-refractivity contribution in [2.24, 2.45) is 0 Å². The fraction of sp³-hybridized carbons (Fsp3) is 0.391. The summed E-state index contributed by atoms with van der Waals surface area (Å²) >= 11 is 0. The Morgan fingerprint density at radius 1 is 1.13 bits per heavy atom. The number of fused-ring (bicyclic) bond motifs is 1. The fourth-order valence-electron chi connectivity index (χ4n) is 4.59. The van der Waals surface area contributed by atoms with Crippen molar-refractivity contribution in [3.05, 3.63) is 52.4 Å². The predicted octanol–water partition coefficient (Wildman–Crippen LogP) is 2.89. The molecule has 3 aromatic rings. The van der Waals surface area contributed by atoms with Gasteiger partial charge < -0.3 is 15.5 Å². The second-order valence-electron chi connectivity index (χ2n) is 8.35. The Morgan fingerprint density at radius 3 is 2.65 bits per heavy atom. The van der Waals surface area contributed by atoms with Crippen LogP contribution in [0.5, 0.6) is 0 Å². The quantitative estimate of drug-likeness (QED) is 0.677. The number of pyridine rings is 1. The van der Waals surface area contributed by atoms with E-state index in [1.165, 1.54) is 0 Å². The molecule has 2 aliphatic rings. The minimum Gasteiger partial charge on any atom is -0.360 e. The molecule has 2 N–H and O–H groups in total. The van der Waals surface area contributed by atoms with Crippen LogP contribution < -0.4 is 21.1 Å². The maximum atomic E-state index is 12.8. The predicted molar refractivity (Wildman–Crippen MR) is 121 cm³/mol. The molecule has 1 aromatic carbocycles. The number of nitrogens with zero attached hydrogens (tertiary/aromatic N) is 4. The molecule has 1 amide bonds. The van der Waals surface area contributed by atoms with E-state index in [4.69, 9.17) is 4.98 Å². The molecular formula is C23H26N6O2. The molecule has 0 atom stereocenters. The normalized spacial score (nSPS) is 17.2. The van der Waals surface area contributed by atoms with Gasteiger partial charge in [0.2, 0.25) is 11.9 Å². The van der Waals surface area contributed by atoms with E-state index < -0.39 is 0 Å². The molecule has 5 rings (SSSR count). The molecule has 0 radical (unpaired) electrons. The summed E-state index contributed by atoms with van der Waals surface area (Å²) in [4.78, 5) is 35.7. The van der Waals surface area contributed by atoms with Crippen molar-refractivity contribution >= 4 is 34.3 Å². The molecule has 0 bridgehead atoms. The van der Waals surface area contributed by atoms with E-state index in [2.05, 4.69) is 20.5 Å². The second-order valence-corrected chi connectivity index (χ2v) is 8.35. The molecule has 3 heterocycles. The van der Waals surface area contributed by atoms with E-state index in [1.807, 2.05) is 35.8 Å². The smallest absolute Gasteiger partial charge is 0.252 e. The van der Waals surface area contributed by atoms with Gasteiger partial charge in [0.25, 0.3) is 5.56 Å².